The van der Waals surface area contributed by atoms with E-state index >= 15 is 0 Å². The Hall–Kier alpha value is 0.210. The van der Waals surface area contributed by atoms with Crippen LogP contribution in [0.2, 0.25) is 0 Å². The van der Waals surface area contributed by atoms with Gasteiger partial charge in [-0.05, 0) is 81.6 Å². The molecular weight excluding hydrogens is 258 g/mol. The molecule has 1 saturated heterocycles. The van der Waals surface area contributed by atoms with Crippen LogP contribution in [0, 0.1) is 23.7 Å². The second kappa shape index (κ2) is 5.54. The van der Waals surface area contributed by atoms with E-state index in [9.17, 15) is 0 Å². The van der Waals surface area contributed by atoms with Gasteiger partial charge in [0.1, 0.15) is 0 Å². The van der Waals surface area contributed by atoms with Gasteiger partial charge in [0.05, 0.1) is 12.2 Å². The molecule has 5 fully saturated rings. The van der Waals surface area contributed by atoms with Gasteiger partial charge in [-0.25, -0.2) is 0 Å². The second-order valence-electron chi connectivity index (χ2n) is 7.62. The zero-order chi connectivity index (χ0) is 12.0. The number of ether oxygens (including phenoxy) is 1. The standard InChI is InChI=1S/C16H27NO.ClH/c1-2-12(10-17-3-1)11-18-16-7-13-4-14(8-16)6-15(5-13)9-16;/h12-15,17H,1-11H2;1H. The molecule has 1 aliphatic heterocycles. The van der Waals surface area contributed by atoms with Crippen LogP contribution in [0.1, 0.15) is 51.4 Å². The second-order valence-corrected chi connectivity index (χ2v) is 7.62. The van der Waals surface area contributed by atoms with Gasteiger partial charge in [-0.3, -0.25) is 0 Å². The SMILES string of the molecule is C1CNCC(COC23CC4CC(CC(C4)C2)C3)C1.Cl. The minimum Gasteiger partial charge on any atom is -0.375 e. The zero-order valence-electron chi connectivity index (χ0n) is 11.9. The van der Waals surface area contributed by atoms with E-state index in [4.69, 9.17) is 4.74 Å². The first-order valence-corrected chi connectivity index (χ1v) is 8.16. The first-order chi connectivity index (χ1) is 8.81. The molecule has 0 aromatic heterocycles. The number of nitrogens with one attached hydrogen (secondary N) is 1. The lowest BCUT2D eigenvalue weighted by molar-refractivity contribution is -0.169. The molecule has 0 aromatic carbocycles. The van der Waals surface area contributed by atoms with Crippen molar-refractivity contribution in [3.8, 4) is 0 Å². The first kappa shape index (κ1) is 14.2. The molecule has 19 heavy (non-hydrogen) atoms. The van der Waals surface area contributed by atoms with Gasteiger partial charge in [-0.15, -0.1) is 12.4 Å². The quantitative estimate of drug-likeness (QED) is 0.858. The molecule has 0 aromatic rings. The molecule has 0 spiro atoms. The molecule has 5 aliphatic rings. The maximum atomic E-state index is 6.54. The van der Waals surface area contributed by atoms with E-state index in [1.54, 1.807) is 0 Å². The Balaban J connectivity index is 0.00000110. The van der Waals surface area contributed by atoms with Crippen LogP contribution in [-0.2, 0) is 4.74 Å². The Morgan fingerprint density at radius 1 is 1.00 bits per heavy atom. The number of hydrogen-bond donors (Lipinski definition) is 1. The monoisotopic (exact) mass is 285 g/mol. The fraction of sp³-hybridized carbons (Fsp3) is 1.00. The Kier molecular flexibility index (Phi) is 4.13. The van der Waals surface area contributed by atoms with Crippen LogP contribution in [0.4, 0.5) is 0 Å². The van der Waals surface area contributed by atoms with E-state index in [0.29, 0.717) is 5.60 Å². The average molecular weight is 286 g/mol. The summed E-state index contributed by atoms with van der Waals surface area (Å²) < 4.78 is 6.54. The highest BCUT2D eigenvalue weighted by Crippen LogP contribution is 2.57. The molecule has 5 rings (SSSR count). The van der Waals surface area contributed by atoms with Crippen molar-refractivity contribution in [3.05, 3.63) is 0 Å². The molecule has 1 heterocycles. The van der Waals surface area contributed by atoms with Crippen molar-refractivity contribution in [2.45, 2.75) is 57.0 Å². The Morgan fingerprint density at radius 2 is 1.63 bits per heavy atom. The molecule has 1 N–H and O–H groups in total. The number of piperidine rings is 1. The zero-order valence-corrected chi connectivity index (χ0v) is 12.7. The summed E-state index contributed by atoms with van der Waals surface area (Å²) in [7, 11) is 0. The molecule has 1 atom stereocenters. The maximum Gasteiger partial charge on any atom is 0.0690 e. The van der Waals surface area contributed by atoms with Gasteiger partial charge in [0.25, 0.3) is 0 Å². The van der Waals surface area contributed by atoms with Crippen LogP contribution in [-0.4, -0.2) is 25.3 Å². The Labute approximate surface area is 123 Å². The summed E-state index contributed by atoms with van der Waals surface area (Å²) in [6.45, 7) is 3.43. The third kappa shape index (κ3) is 2.82. The van der Waals surface area contributed by atoms with Crippen LogP contribution in [0.15, 0.2) is 0 Å². The van der Waals surface area contributed by atoms with E-state index < -0.39 is 0 Å². The van der Waals surface area contributed by atoms with Crippen LogP contribution < -0.4 is 5.32 Å². The van der Waals surface area contributed by atoms with Crippen molar-refractivity contribution in [1.82, 2.24) is 5.32 Å². The van der Waals surface area contributed by atoms with Gasteiger partial charge in [0.2, 0.25) is 0 Å². The van der Waals surface area contributed by atoms with Crippen molar-refractivity contribution in [2.24, 2.45) is 23.7 Å². The molecule has 0 radical (unpaired) electrons. The van der Waals surface area contributed by atoms with Gasteiger partial charge in [-0.1, -0.05) is 0 Å². The minimum atomic E-state index is 0. The molecule has 4 saturated carbocycles. The summed E-state index contributed by atoms with van der Waals surface area (Å²) in [5.74, 6) is 3.83. The van der Waals surface area contributed by atoms with E-state index in [-0.39, 0.29) is 12.4 Å². The maximum absolute atomic E-state index is 6.54. The fourth-order valence-corrected chi connectivity index (χ4v) is 5.57. The number of rotatable bonds is 3. The van der Waals surface area contributed by atoms with Gasteiger partial charge >= 0.3 is 0 Å². The lowest BCUT2D eigenvalue weighted by Crippen LogP contribution is -2.52. The topological polar surface area (TPSA) is 21.3 Å². The molecule has 110 valence electrons. The molecule has 1 unspecified atom stereocenters. The third-order valence-corrected chi connectivity index (χ3v) is 6.01. The predicted octanol–water partition coefficient (Wildman–Crippen LogP) is 3.39. The van der Waals surface area contributed by atoms with Crippen molar-refractivity contribution < 1.29 is 4.74 Å². The number of hydrogen-bond acceptors (Lipinski definition) is 2. The van der Waals surface area contributed by atoms with Crippen molar-refractivity contribution >= 4 is 12.4 Å². The van der Waals surface area contributed by atoms with Crippen molar-refractivity contribution in [3.63, 3.8) is 0 Å². The predicted molar refractivity (Wildman–Crippen MR) is 79.7 cm³/mol. The van der Waals surface area contributed by atoms with E-state index in [1.165, 1.54) is 64.5 Å². The molecule has 2 nitrogen and oxygen atoms in total. The van der Waals surface area contributed by atoms with E-state index in [0.717, 1.165) is 30.3 Å². The summed E-state index contributed by atoms with van der Waals surface area (Å²) in [6, 6.07) is 0. The smallest absolute Gasteiger partial charge is 0.0690 e. The van der Waals surface area contributed by atoms with Crippen LogP contribution in [0.25, 0.3) is 0 Å². The third-order valence-electron chi connectivity index (χ3n) is 6.01. The van der Waals surface area contributed by atoms with Gasteiger partial charge in [-0.2, -0.15) is 0 Å². The minimum absolute atomic E-state index is 0. The first-order valence-electron chi connectivity index (χ1n) is 8.16. The summed E-state index contributed by atoms with van der Waals surface area (Å²) in [5.41, 5.74) is 0.326. The van der Waals surface area contributed by atoms with Crippen LogP contribution in [0.5, 0.6) is 0 Å². The molecular formula is C16H28ClNO. The highest BCUT2D eigenvalue weighted by molar-refractivity contribution is 5.85. The normalized spacial score (nSPS) is 48.0. The summed E-state index contributed by atoms with van der Waals surface area (Å²) in [6.07, 6.45) is 11.4. The molecule has 4 aliphatic carbocycles. The van der Waals surface area contributed by atoms with Crippen LogP contribution in [0.3, 0.4) is 0 Å². The fourth-order valence-electron chi connectivity index (χ4n) is 5.57. The average Bonchev–Trinajstić information content (AvgIpc) is 2.36. The van der Waals surface area contributed by atoms with Crippen molar-refractivity contribution in [1.29, 1.82) is 0 Å². The highest BCUT2D eigenvalue weighted by atomic mass is 35.5. The molecule has 3 heteroatoms. The van der Waals surface area contributed by atoms with Crippen molar-refractivity contribution in [2.75, 3.05) is 19.7 Å². The summed E-state index contributed by atoms with van der Waals surface area (Å²) in [5, 5.41) is 3.51. The molecule has 4 bridgehead atoms. The van der Waals surface area contributed by atoms with Gasteiger partial charge in [0, 0.05) is 6.54 Å². The molecule has 0 amide bonds. The lowest BCUT2D eigenvalue weighted by atomic mass is 9.54. The highest BCUT2D eigenvalue weighted by Gasteiger charge is 2.51. The number of halogens is 1. The largest absolute Gasteiger partial charge is 0.375 e. The Bertz CT molecular complexity index is 279. The lowest BCUT2D eigenvalue weighted by Gasteiger charge is -2.56. The van der Waals surface area contributed by atoms with E-state index in [2.05, 4.69) is 5.32 Å². The summed E-state index contributed by atoms with van der Waals surface area (Å²) >= 11 is 0. The van der Waals surface area contributed by atoms with Gasteiger partial charge in [0.15, 0.2) is 0 Å². The summed E-state index contributed by atoms with van der Waals surface area (Å²) in [4.78, 5) is 0. The van der Waals surface area contributed by atoms with Crippen LogP contribution >= 0.6 is 12.4 Å². The van der Waals surface area contributed by atoms with Gasteiger partial charge < -0.3 is 10.1 Å². The van der Waals surface area contributed by atoms with E-state index in [1.807, 2.05) is 0 Å². The Morgan fingerprint density at radius 3 is 2.16 bits per heavy atom.